The van der Waals surface area contributed by atoms with Gasteiger partial charge in [-0.25, -0.2) is 0 Å². The molecule has 0 saturated heterocycles. The van der Waals surface area contributed by atoms with Crippen molar-refractivity contribution in [3.8, 4) is 6.07 Å². The fraction of sp³-hybridized carbons (Fsp3) is 0.727. The van der Waals surface area contributed by atoms with Crippen molar-refractivity contribution in [1.82, 2.24) is 0 Å². The molecule has 15 heavy (non-hydrogen) atoms. The maximum atomic E-state index is 8.38. The van der Waals surface area contributed by atoms with Crippen LogP contribution in [0.15, 0.2) is 10.6 Å². The van der Waals surface area contributed by atoms with Gasteiger partial charge in [-0.1, -0.05) is 22.9 Å². The van der Waals surface area contributed by atoms with Crippen molar-refractivity contribution in [2.24, 2.45) is 0 Å². The lowest BCUT2D eigenvalue weighted by atomic mass is 10.2. The molecule has 0 aromatic carbocycles. The molecule has 0 spiro atoms. The molecule has 4 heteroatoms. The Labute approximate surface area is 100 Å². The van der Waals surface area contributed by atoms with Crippen molar-refractivity contribution >= 4 is 15.9 Å². The second kappa shape index (κ2) is 7.86. The fourth-order valence-electron chi connectivity index (χ4n) is 0.972. The van der Waals surface area contributed by atoms with Crippen molar-refractivity contribution < 1.29 is 9.47 Å². The van der Waals surface area contributed by atoms with E-state index < -0.39 is 5.79 Å². The topological polar surface area (TPSA) is 42.2 Å². The molecule has 0 aromatic rings. The smallest absolute Gasteiger partial charge is 0.185 e. The number of nitrogens with zero attached hydrogens (tertiary/aromatic N) is 1. The van der Waals surface area contributed by atoms with Gasteiger partial charge in [0.25, 0.3) is 0 Å². The summed E-state index contributed by atoms with van der Waals surface area (Å²) >= 11 is 3.42. The third-order valence-corrected chi connectivity index (χ3v) is 2.77. The third-order valence-electron chi connectivity index (χ3n) is 1.98. The molecule has 0 aliphatic rings. The minimum Gasteiger partial charge on any atom is -0.350 e. The largest absolute Gasteiger partial charge is 0.350 e. The van der Waals surface area contributed by atoms with Crippen LogP contribution >= 0.6 is 15.9 Å². The summed E-state index contributed by atoms with van der Waals surface area (Å²) in [6.45, 7) is 4.43. The Hall–Kier alpha value is -0.370. The summed E-state index contributed by atoms with van der Waals surface area (Å²) in [4.78, 5) is 0. The lowest BCUT2D eigenvalue weighted by Crippen LogP contribution is -2.29. The number of ether oxygens (including phenoxy) is 2. The van der Waals surface area contributed by atoms with Gasteiger partial charge in [-0.05, 0) is 30.3 Å². The molecule has 1 unspecified atom stereocenters. The maximum Gasteiger partial charge on any atom is 0.185 e. The number of methoxy groups -OCH3 is 1. The van der Waals surface area contributed by atoms with Crippen LogP contribution in [0, 0.1) is 11.3 Å². The SMILES string of the molecule is CC/C(Br)=C\C(C)(OC)OCCCC#N. The van der Waals surface area contributed by atoms with Gasteiger partial charge in [0, 0.05) is 13.5 Å². The van der Waals surface area contributed by atoms with Crippen LogP contribution in [-0.4, -0.2) is 19.5 Å². The van der Waals surface area contributed by atoms with Crippen molar-refractivity contribution in [2.75, 3.05) is 13.7 Å². The average molecular weight is 276 g/mol. The lowest BCUT2D eigenvalue weighted by Gasteiger charge is -2.25. The predicted octanol–water partition coefficient (Wildman–Crippen LogP) is 3.36. The van der Waals surface area contributed by atoms with Crippen molar-refractivity contribution in [3.05, 3.63) is 10.6 Å². The van der Waals surface area contributed by atoms with E-state index in [9.17, 15) is 0 Å². The van der Waals surface area contributed by atoms with Gasteiger partial charge in [0.05, 0.1) is 12.7 Å². The number of hydrogen-bond acceptors (Lipinski definition) is 3. The van der Waals surface area contributed by atoms with Crippen molar-refractivity contribution in [3.63, 3.8) is 0 Å². The molecule has 0 radical (unpaired) electrons. The molecule has 0 bridgehead atoms. The molecule has 0 amide bonds. The minimum absolute atomic E-state index is 0.512. The van der Waals surface area contributed by atoms with E-state index in [2.05, 4.69) is 22.0 Å². The first-order valence-corrected chi connectivity index (χ1v) is 5.80. The van der Waals surface area contributed by atoms with E-state index in [1.807, 2.05) is 19.9 Å². The molecule has 0 fully saturated rings. The van der Waals surface area contributed by atoms with Gasteiger partial charge in [-0.3, -0.25) is 0 Å². The summed E-state index contributed by atoms with van der Waals surface area (Å²) in [5.74, 6) is -0.704. The number of unbranched alkanes of at least 4 members (excludes halogenated alkanes) is 1. The average Bonchev–Trinajstić information content (AvgIpc) is 2.24. The lowest BCUT2D eigenvalue weighted by molar-refractivity contribution is -0.175. The zero-order valence-electron chi connectivity index (χ0n) is 9.55. The van der Waals surface area contributed by atoms with E-state index in [1.165, 1.54) is 0 Å². The zero-order valence-corrected chi connectivity index (χ0v) is 11.1. The van der Waals surface area contributed by atoms with Crippen LogP contribution in [0.4, 0.5) is 0 Å². The van der Waals surface area contributed by atoms with Gasteiger partial charge in [0.15, 0.2) is 5.79 Å². The van der Waals surface area contributed by atoms with Crippen LogP contribution in [0.25, 0.3) is 0 Å². The Morgan fingerprint density at radius 3 is 2.73 bits per heavy atom. The van der Waals surface area contributed by atoms with Crippen LogP contribution in [0.1, 0.15) is 33.1 Å². The molecule has 0 N–H and O–H groups in total. The first-order chi connectivity index (χ1) is 7.08. The van der Waals surface area contributed by atoms with Gasteiger partial charge < -0.3 is 9.47 Å². The van der Waals surface area contributed by atoms with Gasteiger partial charge in [-0.15, -0.1) is 0 Å². The van der Waals surface area contributed by atoms with Crippen LogP contribution in [-0.2, 0) is 9.47 Å². The second-order valence-electron chi connectivity index (χ2n) is 3.27. The summed E-state index contributed by atoms with van der Waals surface area (Å²) in [6, 6.07) is 2.08. The highest BCUT2D eigenvalue weighted by Crippen LogP contribution is 2.20. The summed E-state index contributed by atoms with van der Waals surface area (Å²) in [5.41, 5.74) is 0. The standard InChI is InChI=1S/C11H18BrNO2/c1-4-10(12)9-11(2,14-3)15-8-6-5-7-13/h9H,4-6,8H2,1-3H3/b10-9+. The first kappa shape index (κ1) is 14.6. The van der Waals surface area contributed by atoms with Gasteiger partial charge >= 0.3 is 0 Å². The summed E-state index contributed by atoms with van der Waals surface area (Å²) in [7, 11) is 1.61. The van der Waals surface area contributed by atoms with E-state index in [0.29, 0.717) is 13.0 Å². The van der Waals surface area contributed by atoms with E-state index >= 15 is 0 Å². The molecule has 0 heterocycles. The number of hydrogen-bond donors (Lipinski definition) is 0. The number of nitriles is 1. The minimum atomic E-state index is -0.704. The molecule has 0 aromatic heterocycles. The molecule has 0 aliphatic heterocycles. The van der Waals surface area contributed by atoms with E-state index in [0.717, 1.165) is 17.3 Å². The number of halogens is 1. The molecule has 0 saturated carbocycles. The molecular formula is C11H18BrNO2. The second-order valence-corrected chi connectivity index (χ2v) is 4.29. The number of rotatable bonds is 7. The summed E-state index contributed by atoms with van der Waals surface area (Å²) in [5, 5.41) is 8.38. The first-order valence-electron chi connectivity index (χ1n) is 5.01. The van der Waals surface area contributed by atoms with Gasteiger partial charge in [0.1, 0.15) is 0 Å². The molecule has 1 atom stereocenters. The quantitative estimate of drug-likeness (QED) is 0.529. The molecule has 0 aliphatic carbocycles. The monoisotopic (exact) mass is 275 g/mol. The van der Waals surface area contributed by atoms with Crippen LogP contribution in [0.5, 0.6) is 0 Å². The Bertz CT molecular complexity index is 247. The highest BCUT2D eigenvalue weighted by atomic mass is 79.9. The zero-order chi connectivity index (χ0) is 11.7. The van der Waals surface area contributed by atoms with Crippen molar-refractivity contribution in [1.29, 1.82) is 5.26 Å². The Morgan fingerprint density at radius 2 is 2.27 bits per heavy atom. The van der Waals surface area contributed by atoms with Crippen LogP contribution in [0.3, 0.4) is 0 Å². The van der Waals surface area contributed by atoms with Crippen LogP contribution in [0.2, 0.25) is 0 Å². The summed E-state index contributed by atoms with van der Waals surface area (Å²) < 4.78 is 11.9. The van der Waals surface area contributed by atoms with E-state index in [-0.39, 0.29) is 0 Å². The predicted molar refractivity (Wildman–Crippen MR) is 63.5 cm³/mol. The summed E-state index contributed by atoms with van der Waals surface area (Å²) in [6.07, 6.45) is 4.05. The van der Waals surface area contributed by atoms with Crippen molar-refractivity contribution in [2.45, 2.75) is 38.9 Å². The number of allylic oxidation sites excluding steroid dienone is 1. The van der Waals surface area contributed by atoms with Gasteiger partial charge in [0.2, 0.25) is 0 Å². The molecule has 3 nitrogen and oxygen atoms in total. The fourth-order valence-corrected chi connectivity index (χ4v) is 1.39. The van der Waals surface area contributed by atoms with Crippen LogP contribution < -0.4 is 0 Å². The normalized spacial score (nSPS) is 15.8. The Balaban J connectivity index is 4.14. The highest BCUT2D eigenvalue weighted by molar-refractivity contribution is 9.11. The van der Waals surface area contributed by atoms with Gasteiger partial charge in [-0.2, -0.15) is 5.26 Å². The third kappa shape index (κ3) is 6.67. The maximum absolute atomic E-state index is 8.38. The Morgan fingerprint density at radius 1 is 1.60 bits per heavy atom. The Kier molecular flexibility index (Phi) is 7.67. The molecule has 0 rings (SSSR count). The molecular weight excluding hydrogens is 258 g/mol. The van der Waals surface area contributed by atoms with E-state index in [1.54, 1.807) is 7.11 Å². The molecule has 86 valence electrons. The van der Waals surface area contributed by atoms with E-state index in [4.69, 9.17) is 14.7 Å². The highest BCUT2D eigenvalue weighted by Gasteiger charge is 2.21.